The second kappa shape index (κ2) is 9.65. The van der Waals surface area contributed by atoms with Crippen molar-refractivity contribution < 1.29 is 23.7 Å². The van der Waals surface area contributed by atoms with Crippen molar-refractivity contribution in [2.75, 3.05) is 12.3 Å². The Labute approximate surface area is 161 Å². The number of carbonyl (C=O) groups is 1. The molecule has 0 spiro atoms. The van der Waals surface area contributed by atoms with Gasteiger partial charge >= 0.3 is 11.7 Å². The molecule has 0 saturated carbocycles. The van der Waals surface area contributed by atoms with Gasteiger partial charge in [0, 0.05) is 6.42 Å². The molecule has 2 rings (SSSR count). The summed E-state index contributed by atoms with van der Waals surface area (Å²) < 4.78 is 23.6. The number of rotatable bonds is 8. The molecular weight excluding hydrogens is 397 g/mol. The smallest absolute Gasteiger partial charge is 0.353 e. The lowest BCUT2D eigenvalue weighted by Crippen LogP contribution is -2.33. The summed E-state index contributed by atoms with van der Waals surface area (Å²) in [5.74, 6) is -0.639. The van der Waals surface area contributed by atoms with E-state index in [9.17, 15) is 19.3 Å². The third-order valence-electron chi connectivity index (χ3n) is 3.68. The number of hydrogen-bond acceptors (Lipinski definition) is 10. The quantitative estimate of drug-likeness (QED) is 0.381. The highest BCUT2D eigenvalue weighted by molar-refractivity contribution is 8.00. The lowest BCUT2D eigenvalue weighted by atomic mass is 10.2. The lowest BCUT2D eigenvalue weighted by Gasteiger charge is -2.17. The minimum Gasteiger partial charge on any atom is -0.462 e. The van der Waals surface area contributed by atoms with Crippen LogP contribution < -0.4 is 16.5 Å². The van der Waals surface area contributed by atoms with E-state index in [1.807, 2.05) is 0 Å². The first-order valence-electron chi connectivity index (χ1n) is 8.35. The van der Waals surface area contributed by atoms with E-state index in [1.165, 1.54) is 29.6 Å². The van der Waals surface area contributed by atoms with Crippen molar-refractivity contribution in [3.63, 3.8) is 0 Å². The fraction of sp³-hybridized carbons (Fsp3) is 0.714. The second-order valence-corrected chi connectivity index (χ2v) is 8.86. The number of esters is 1. The number of carbonyl (C=O) groups excluding carboxylic acids is 1. The molecule has 0 bridgehead atoms. The summed E-state index contributed by atoms with van der Waals surface area (Å²) in [5.41, 5.74) is 4.81. The molecule has 2 unspecified atom stereocenters. The van der Waals surface area contributed by atoms with E-state index in [-0.39, 0.29) is 30.5 Å². The third-order valence-corrected chi connectivity index (χ3v) is 6.31. The number of aromatic nitrogens is 3. The molecule has 5 atom stereocenters. The van der Waals surface area contributed by atoms with Crippen molar-refractivity contribution >= 4 is 31.9 Å². The van der Waals surface area contributed by atoms with Gasteiger partial charge in [-0.05, 0) is 20.8 Å². The molecule has 1 aliphatic rings. The molecular formula is C14H24N5O6PS. The summed E-state index contributed by atoms with van der Waals surface area (Å²) in [6, 6.07) is -0.779. The standard InChI is InChI=1S/C14H24N5O6PS/c1-7(2)25-12(21)8(3)18-26(23)24-5-10-9(20)4-11(27-10)19-6-16-13(15)17-14(19)22/h6-11,20,26H,4-5H2,1-3H3,(H,18,23)(H2,15,17,22)/t8-,9+,10?,11+/m0/s1. The Morgan fingerprint density at radius 3 is 2.89 bits per heavy atom. The minimum absolute atomic E-state index is 0.0103. The molecule has 27 heavy (non-hydrogen) atoms. The first-order valence-corrected chi connectivity index (χ1v) is 10.6. The van der Waals surface area contributed by atoms with Gasteiger partial charge in [0.05, 0.1) is 29.4 Å². The first kappa shape index (κ1) is 21.8. The fourth-order valence-corrected chi connectivity index (χ4v) is 4.79. The van der Waals surface area contributed by atoms with E-state index in [4.69, 9.17) is 15.0 Å². The van der Waals surface area contributed by atoms with Gasteiger partial charge in [0.25, 0.3) is 8.18 Å². The van der Waals surface area contributed by atoms with E-state index < -0.39 is 37.2 Å². The highest BCUT2D eigenvalue weighted by Gasteiger charge is 2.36. The van der Waals surface area contributed by atoms with Crippen LogP contribution in [0, 0.1) is 0 Å². The predicted molar refractivity (Wildman–Crippen MR) is 101 cm³/mol. The molecule has 11 nitrogen and oxygen atoms in total. The van der Waals surface area contributed by atoms with Crippen LogP contribution in [0.15, 0.2) is 11.1 Å². The summed E-state index contributed by atoms with van der Waals surface area (Å²) in [5, 5.41) is 12.0. The molecule has 0 radical (unpaired) electrons. The van der Waals surface area contributed by atoms with Crippen LogP contribution in [0.2, 0.25) is 0 Å². The highest BCUT2D eigenvalue weighted by Crippen LogP contribution is 2.41. The fourth-order valence-electron chi connectivity index (χ4n) is 2.36. The molecule has 1 saturated heterocycles. The zero-order chi connectivity index (χ0) is 20.1. The van der Waals surface area contributed by atoms with E-state index in [2.05, 4.69) is 15.1 Å². The SMILES string of the molecule is CC(C)OC(=O)[C@H](C)N[PH](=O)OCC1S[C@@H](n2cnc(N)nc2=O)C[C@H]1O. The van der Waals surface area contributed by atoms with E-state index in [1.54, 1.807) is 13.8 Å². The van der Waals surface area contributed by atoms with Gasteiger partial charge in [-0.1, -0.05) is 0 Å². The number of aliphatic hydroxyl groups excluding tert-OH is 1. The largest absolute Gasteiger partial charge is 0.462 e. The van der Waals surface area contributed by atoms with Crippen LogP contribution in [0.3, 0.4) is 0 Å². The number of nitrogens with zero attached hydrogens (tertiary/aromatic N) is 3. The Kier molecular flexibility index (Phi) is 7.80. The maximum absolute atomic E-state index is 12.0. The summed E-state index contributed by atoms with van der Waals surface area (Å²) >= 11 is 1.29. The number of nitrogens with two attached hydrogens (primary N) is 1. The second-order valence-electron chi connectivity index (χ2n) is 6.29. The average Bonchev–Trinajstić information content (AvgIpc) is 2.92. The van der Waals surface area contributed by atoms with Crippen molar-refractivity contribution in [2.24, 2.45) is 0 Å². The van der Waals surface area contributed by atoms with E-state index in [0.29, 0.717) is 0 Å². The zero-order valence-corrected chi connectivity index (χ0v) is 17.0. The molecule has 0 aliphatic carbocycles. The monoisotopic (exact) mass is 421 g/mol. The van der Waals surface area contributed by atoms with Crippen LogP contribution in [0.5, 0.6) is 0 Å². The van der Waals surface area contributed by atoms with Crippen LogP contribution in [-0.2, 0) is 18.6 Å². The number of aliphatic hydroxyl groups is 1. The molecule has 1 aromatic rings. The summed E-state index contributed by atoms with van der Waals surface area (Å²) in [7, 11) is -2.71. The molecule has 152 valence electrons. The zero-order valence-electron chi connectivity index (χ0n) is 15.2. The van der Waals surface area contributed by atoms with Crippen molar-refractivity contribution in [1.29, 1.82) is 0 Å². The van der Waals surface area contributed by atoms with Gasteiger partial charge in [0.15, 0.2) is 0 Å². The van der Waals surface area contributed by atoms with E-state index >= 15 is 0 Å². The maximum Gasteiger partial charge on any atom is 0.353 e. The normalized spacial score (nSPS) is 24.7. The Morgan fingerprint density at radius 1 is 1.56 bits per heavy atom. The van der Waals surface area contributed by atoms with Gasteiger partial charge in [-0.3, -0.25) is 13.9 Å². The van der Waals surface area contributed by atoms with Gasteiger partial charge in [-0.25, -0.2) is 14.9 Å². The van der Waals surface area contributed by atoms with Gasteiger partial charge in [0.1, 0.15) is 12.4 Å². The van der Waals surface area contributed by atoms with Gasteiger partial charge < -0.3 is 20.1 Å². The molecule has 0 amide bonds. The summed E-state index contributed by atoms with van der Waals surface area (Å²) in [6.07, 6.45) is 0.539. The molecule has 2 heterocycles. The highest BCUT2D eigenvalue weighted by atomic mass is 32.2. The third kappa shape index (κ3) is 6.28. The Bertz CT molecular complexity index is 747. The molecule has 0 aromatic carbocycles. The number of hydrogen-bond donors (Lipinski definition) is 3. The Morgan fingerprint density at radius 2 is 2.26 bits per heavy atom. The minimum atomic E-state index is -2.71. The van der Waals surface area contributed by atoms with Crippen LogP contribution in [-0.4, -0.2) is 55.7 Å². The number of ether oxygens (including phenoxy) is 1. The topological polar surface area (TPSA) is 159 Å². The number of nitrogen functional groups attached to an aromatic ring is 1. The molecule has 1 fully saturated rings. The van der Waals surface area contributed by atoms with Crippen molar-refractivity contribution in [2.45, 2.75) is 56.1 Å². The first-order chi connectivity index (χ1) is 12.7. The van der Waals surface area contributed by atoms with Crippen LogP contribution in [0.1, 0.15) is 32.6 Å². The Hall–Kier alpha value is -1.46. The van der Waals surface area contributed by atoms with Gasteiger partial charge in [-0.15, -0.1) is 11.8 Å². The van der Waals surface area contributed by atoms with Crippen LogP contribution >= 0.6 is 19.9 Å². The molecule has 1 aromatic heterocycles. The number of nitrogens with one attached hydrogen (secondary N) is 1. The predicted octanol–water partition coefficient (Wildman–Crippen LogP) is -0.0785. The van der Waals surface area contributed by atoms with Gasteiger partial charge in [0.2, 0.25) is 5.95 Å². The average molecular weight is 421 g/mol. The molecule has 1 aliphatic heterocycles. The Balaban J connectivity index is 1.84. The van der Waals surface area contributed by atoms with Gasteiger partial charge in [-0.2, -0.15) is 4.98 Å². The van der Waals surface area contributed by atoms with Crippen LogP contribution in [0.4, 0.5) is 5.95 Å². The van der Waals surface area contributed by atoms with Crippen molar-refractivity contribution in [3.05, 3.63) is 16.8 Å². The molecule has 4 N–H and O–H groups in total. The number of anilines is 1. The maximum atomic E-state index is 12.0. The molecule has 13 heteroatoms. The van der Waals surface area contributed by atoms with E-state index in [0.717, 1.165) is 0 Å². The number of thioether (sulfide) groups is 1. The van der Waals surface area contributed by atoms with Crippen molar-refractivity contribution in [3.8, 4) is 0 Å². The van der Waals surface area contributed by atoms with Crippen LogP contribution in [0.25, 0.3) is 0 Å². The van der Waals surface area contributed by atoms with Crippen molar-refractivity contribution in [1.82, 2.24) is 19.6 Å². The summed E-state index contributed by atoms with van der Waals surface area (Å²) in [4.78, 5) is 30.9. The summed E-state index contributed by atoms with van der Waals surface area (Å²) in [6.45, 7) is 4.95. The lowest BCUT2D eigenvalue weighted by molar-refractivity contribution is -0.149.